The fourth-order valence-electron chi connectivity index (χ4n) is 3.60. The van der Waals surface area contributed by atoms with Crippen LogP contribution in [0, 0.1) is 0 Å². The SMILES string of the molecule is O=C(/C=C/c1ccc(CN(CCO)CCCCc2c[nH]c3ccccc23)cc1)NO. The average Bonchev–Trinajstić information content (AvgIpc) is 3.19. The van der Waals surface area contributed by atoms with Crippen molar-refractivity contribution in [2.45, 2.75) is 25.8 Å². The van der Waals surface area contributed by atoms with Crippen LogP contribution in [0.4, 0.5) is 0 Å². The van der Waals surface area contributed by atoms with Crippen LogP contribution < -0.4 is 5.48 Å². The first kappa shape index (κ1) is 21.8. The lowest BCUT2D eigenvalue weighted by Gasteiger charge is -2.21. The van der Waals surface area contributed by atoms with E-state index < -0.39 is 5.91 Å². The van der Waals surface area contributed by atoms with E-state index in [4.69, 9.17) is 5.21 Å². The molecule has 0 radical (unpaired) electrons. The quantitative estimate of drug-likeness (QED) is 0.170. The van der Waals surface area contributed by atoms with E-state index in [1.807, 2.05) is 30.3 Å². The minimum Gasteiger partial charge on any atom is -0.395 e. The zero-order valence-electron chi connectivity index (χ0n) is 17.1. The summed E-state index contributed by atoms with van der Waals surface area (Å²) in [4.78, 5) is 16.6. The standard InChI is InChI=1S/C24H29N3O3/c28-16-15-27(18-20-10-8-19(9-11-20)12-13-24(29)26-30)14-4-3-5-21-17-25-23-7-2-1-6-22(21)23/h1-2,6-13,17,25,28,30H,3-5,14-16,18H2,(H,26,29)/b13-12+. The molecule has 1 amide bonds. The number of hydrogen-bond donors (Lipinski definition) is 4. The summed E-state index contributed by atoms with van der Waals surface area (Å²) >= 11 is 0. The van der Waals surface area contributed by atoms with Crippen molar-refractivity contribution < 1.29 is 15.1 Å². The molecule has 0 aliphatic rings. The number of para-hydroxylation sites is 1. The van der Waals surface area contributed by atoms with Gasteiger partial charge in [0.2, 0.25) is 0 Å². The molecule has 0 saturated carbocycles. The summed E-state index contributed by atoms with van der Waals surface area (Å²) in [6, 6.07) is 16.3. The molecule has 0 unspecified atom stereocenters. The predicted octanol–water partition coefficient (Wildman–Crippen LogP) is 3.50. The summed E-state index contributed by atoms with van der Waals surface area (Å²) in [5.41, 5.74) is 6.16. The van der Waals surface area contributed by atoms with Gasteiger partial charge in [-0.05, 0) is 54.6 Å². The summed E-state index contributed by atoms with van der Waals surface area (Å²) in [7, 11) is 0. The second kappa shape index (κ2) is 11.3. The van der Waals surface area contributed by atoms with Gasteiger partial charge in [-0.2, -0.15) is 0 Å². The van der Waals surface area contributed by atoms with Crippen molar-refractivity contribution in [3.8, 4) is 0 Å². The lowest BCUT2D eigenvalue weighted by atomic mass is 10.1. The first-order valence-electron chi connectivity index (χ1n) is 10.3. The molecule has 0 saturated heterocycles. The Balaban J connectivity index is 1.48. The highest BCUT2D eigenvalue weighted by Crippen LogP contribution is 2.19. The average molecular weight is 408 g/mol. The van der Waals surface area contributed by atoms with Crippen molar-refractivity contribution in [1.29, 1.82) is 0 Å². The summed E-state index contributed by atoms with van der Waals surface area (Å²) in [5.74, 6) is -0.555. The van der Waals surface area contributed by atoms with Gasteiger partial charge in [0.25, 0.3) is 5.91 Å². The van der Waals surface area contributed by atoms with E-state index >= 15 is 0 Å². The maximum absolute atomic E-state index is 11.1. The van der Waals surface area contributed by atoms with Crippen LogP contribution in [0.3, 0.4) is 0 Å². The van der Waals surface area contributed by atoms with E-state index in [2.05, 4.69) is 34.3 Å². The molecular weight excluding hydrogens is 378 g/mol. The molecule has 0 spiro atoms. The van der Waals surface area contributed by atoms with E-state index in [1.54, 1.807) is 11.6 Å². The molecule has 30 heavy (non-hydrogen) atoms. The van der Waals surface area contributed by atoms with Gasteiger partial charge in [0, 0.05) is 36.3 Å². The van der Waals surface area contributed by atoms with Crippen LogP contribution in [0.5, 0.6) is 0 Å². The van der Waals surface area contributed by atoms with Gasteiger partial charge < -0.3 is 10.1 Å². The molecular formula is C24H29N3O3. The molecule has 3 rings (SSSR count). The lowest BCUT2D eigenvalue weighted by molar-refractivity contribution is -0.124. The Hall–Kier alpha value is -2.93. The van der Waals surface area contributed by atoms with Crippen LogP contribution in [0.1, 0.15) is 29.5 Å². The van der Waals surface area contributed by atoms with Gasteiger partial charge in [0.05, 0.1) is 6.61 Å². The molecule has 0 fully saturated rings. The third kappa shape index (κ3) is 6.29. The number of fused-ring (bicyclic) bond motifs is 1. The van der Waals surface area contributed by atoms with E-state index in [1.165, 1.54) is 22.5 Å². The number of H-pyrrole nitrogens is 1. The maximum atomic E-state index is 11.1. The van der Waals surface area contributed by atoms with Crippen molar-refractivity contribution in [2.24, 2.45) is 0 Å². The zero-order chi connectivity index (χ0) is 21.2. The molecule has 6 nitrogen and oxygen atoms in total. The second-order valence-corrected chi connectivity index (χ2v) is 7.37. The van der Waals surface area contributed by atoms with E-state index in [0.717, 1.165) is 43.5 Å². The molecule has 2 aromatic carbocycles. The Labute approximate surface area is 176 Å². The van der Waals surface area contributed by atoms with Crippen LogP contribution in [-0.2, 0) is 17.8 Å². The fourth-order valence-corrected chi connectivity index (χ4v) is 3.60. The van der Waals surface area contributed by atoms with Crippen molar-refractivity contribution in [1.82, 2.24) is 15.4 Å². The number of nitrogens with zero attached hydrogens (tertiary/aromatic N) is 1. The molecule has 1 heterocycles. The number of carbonyl (C=O) groups excluding carboxylic acids is 1. The topological polar surface area (TPSA) is 88.6 Å². The van der Waals surface area contributed by atoms with Crippen molar-refractivity contribution in [3.63, 3.8) is 0 Å². The van der Waals surface area contributed by atoms with E-state index in [-0.39, 0.29) is 6.61 Å². The number of aryl methyl sites for hydroxylation is 1. The van der Waals surface area contributed by atoms with Gasteiger partial charge in [-0.15, -0.1) is 0 Å². The number of unbranched alkanes of at least 4 members (excludes halogenated alkanes) is 1. The smallest absolute Gasteiger partial charge is 0.267 e. The Kier molecular flexibility index (Phi) is 8.20. The zero-order valence-corrected chi connectivity index (χ0v) is 17.1. The molecule has 4 N–H and O–H groups in total. The number of aliphatic hydroxyl groups excluding tert-OH is 1. The molecule has 0 aliphatic carbocycles. The molecule has 3 aromatic rings. The molecule has 1 aromatic heterocycles. The maximum Gasteiger partial charge on any atom is 0.267 e. The van der Waals surface area contributed by atoms with Crippen molar-refractivity contribution >= 4 is 22.9 Å². The van der Waals surface area contributed by atoms with Crippen LogP contribution in [0.15, 0.2) is 60.8 Å². The Morgan fingerprint density at radius 3 is 2.63 bits per heavy atom. The Bertz CT molecular complexity index is 963. The van der Waals surface area contributed by atoms with Crippen molar-refractivity contribution in [3.05, 3.63) is 77.5 Å². The monoisotopic (exact) mass is 407 g/mol. The first-order valence-corrected chi connectivity index (χ1v) is 10.3. The summed E-state index contributed by atoms with van der Waals surface area (Å²) in [6.07, 6.45) is 8.24. The predicted molar refractivity (Wildman–Crippen MR) is 119 cm³/mol. The number of nitrogens with one attached hydrogen (secondary N) is 2. The minimum absolute atomic E-state index is 0.138. The van der Waals surface area contributed by atoms with Crippen LogP contribution >= 0.6 is 0 Å². The van der Waals surface area contributed by atoms with E-state index in [0.29, 0.717) is 6.54 Å². The highest BCUT2D eigenvalue weighted by molar-refractivity contribution is 5.90. The van der Waals surface area contributed by atoms with Crippen LogP contribution in [0.2, 0.25) is 0 Å². The molecule has 0 aliphatic heterocycles. The summed E-state index contributed by atoms with van der Waals surface area (Å²) < 4.78 is 0. The highest BCUT2D eigenvalue weighted by Gasteiger charge is 2.07. The van der Waals surface area contributed by atoms with Gasteiger partial charge in [0.15, 0.2) is 0 Å². The number of aliphatic hydroxyl groups is 1. The number of hydrogen-bond acceptors (Lipinski definition) is 4. The second-order valence-electron chi connectivity index (χ2n) is 7.37. The first-order chi connectivity index (χ1) is 14.7. The Morgan fingerprint density at radius 2 is 1.87 bits per heavy atom. The number of aromatic amines is 1. The molecule has 0 bridgehead atoms. The van der Waals surface area contributed by atoms with Crippen LogP contribution in [0.25, 0.3) is 17.0 Å². The van der Waals surface area contributed by atoms with Gasteiger partial charge in [-0.1, -0.05) is 42.5 Å². The fraction of sp³-hybridized carbons (Fsp3) is 0.292. The van der Waals surface area contributed by atoms with Crippen LogP contribution in [-0.4, -0.2) is 45.8 Å². The summed E-state index contributed by atoms with van der Waals surface area (Å²) in [6.45, 7) is 2.49. The van der Waals surface area contributed by atoms with Gasteiger partial charge in [-0.3, -0.25) is 14.9 Å². The molecule has 158 valence electrons. The number of aromatic nitrogens is 1. The van der Waals surface area contributed by atoms with Gasteiger partial charge in [-0.25, -0.2) is 5.48 Å². The number of amides is 1. The van der Waals surface area contributed by atoms with E-state index in [9.17, 15) is 9.90 Å². The minimum atomic E-state index is -0.555. The lowest BCUT2D eigenvalue weighted by Crippen LogP contribution is -2.27. The summed E-state index contributed by atoms with van der Waals surface area (Å²) in [5, 5.41) is 19.2. The molecule has 0 atom stereocenters. The van der Waals surface area contributed by atoms with Crippen molar-refractivity contribution in [2.75, 3.05) is 19.7 Å². The number of rotatable bonds is 11. The Morgan fingerprint density at radius 1 is 1.07 bits per heavy atom. The van der Waals surface area contributed by atoms with Gasteiger partial charge >= 0.3 is 0 Å². The largest absolute Gasteiger partial charge is 0.395 e. The number of benzene rings is 2. The third-order valence-corrected chi connectivity index (χ3v) is 5.18. The number of carbonyl (C=O) groups is 1. The molecule has 6 heteroatoms. The number of hydroxylamine groups is 1. The normalized spacial score (nSPS) is 11.6. The van der Waals surface area contributed by atoms with Gasteiger partial charge in [0.1, 0.15) is 0 Å². The highest BCUT2D eigenvalue weighted by atomic mass is 16.5. The third-order valence-electron chi connectivity index (χ3n) is 5.18.